The number of hydrogen-bond acceptors (Lipinski definition) is 4. The lowest BCUT2D eigenvalue weighted by atomic mass is 10.1. The summed E-state index contributed by atoms with van der Waals surface area (Å²) < 4.78 is 40.4. The molecule has 0 radical (unpaired) electrons. The summed E-state index contributed by atoms with van der Waals surface area (Å²) in [5, 5.41) is 2.83. The largest absolute Gasteiger partial charge is 0.352 e. The van der Waals surface area contributed by atoms with Crippen LogP contribution in [0, 0.1) is 12.7 Å². The Morgan fingerprint density at radius 1 is 1.09 bits per heavy atom. The topological polar surface area (TPSA) is 86.8 Å². The second kappa shape index (κ2) is 11.3. The monoisotopic (exact) mass is 477 g/mol. The minimum Gasteiger partial charge on any atom is -0.352 e. The van der Waals surface area contributed by atoms with E-state index in [1.807, 2.05) is 26.8 Å². The van der Waals surface area contributed by atoms with Crippen molar-refractivity contribution in [3.8, 4) is 0 Å². The van der Waals surface area contributed by atoms with Crippen LogP contribution in [0.5, 0.6) is 0 Å². The average Bonchev–Trinajstić information content (AvgIpc) is 2.75. The van der Waals surface area contributed by atoms with Crippen molar-refractivity contribution in [2.75, 3.05) is 17.1 Å². The highest BCUT2D eigenvalue weighted by atomic mass is 32.2. The van der Waals surface area contributed by atoms with Crippen molar-refractivity contribution >= 4 is 27.5 Å². The molecule has 2 atom stereocenters. The quantitative estimate of drug-likeness (QED) is 0.569. The van der Waals surface area contributed by atoms with Crippen LogP contribution in [0.1, 0.15) is 38.3 Å². The van der Waals surface area contributed by atoms with Gasteiger partial charge in [0.15, 0.2) is 0 Å². The van der Waals surface area contributed by atoms with Crippen LogP contribution in [-0.4, -0.2) is 50.0 Å². The highest BCUT2D eigenvalue weighted by Crippen LogP contribution is 2.20. The van der Waals surface area contributed by atoms with Crippen LogP contribution in [0.15, 0.2) is 48.5 Å². The fraction of sp³-hybridized carbons (Fsp3) is 0.417. The van der Waals surface area contributed by atoms with Crippen molar-refractivity contribution in [1.82, 2.24) is 10.2 Å². The molecule has 0 saturated carbocycles. The van der Waals surface area contributed by atoms with E-state index in [-0.39, 0.29) is 18.2 Å². The third-order valence-electron chi connectivity index (χ3n) is 5.44. The van der Waals surface area contributed by atoms with Crippen molar-refractivity contribution in [2.24, 2.45) is 0 Å². The number of benzene rings is 2. The van der Waals surface area contributed by atoms with Crippen LogP contribution in [0.3, 0.4) is 0 Å². The fourth-order valence-electron chi connectivity index (χ4n) is 3.26. The second-order valence-corrected chi connectivity index (χ2v) is 10.1. The van der Waals surface area contributed by atoms with E-state index in [1.165, 1.54) is 23.1 Å². The van der Waals surface area contributed by atoms with Crippen LogP contribution < -0.4 is 9.62 Å². The summed E-state index contributed by atoms with van der Waals surface area (Å²) in [6.07, 6.45) is 1.72. The van der Waals surface area contributed by atoms with Gasteiger partial charge in [0.25, 0.3) is 0 Å². The first-order valence-electron chi connectivity index (χ1n) is 10.8. The minimum absolute atomic E-state index is 0.106. The van der Waals surface area contributed by atoms with E-state index >= 15 is 0 Å². The number of anilines is 1. The molecule has 2 amide bonds. The molecule has 33 heavy (non-hydrogen) atoms. The number of halogens is 1. The molecule has 0 aliphatic rings. The predicted molar refractivity (Wildman–Crippen MR) is 128 cm³/mol. The number of rotatable bonds is 10. The highest BCUT2D eigenvalue weighted by Gasteiger charge is 2.30. The first kappa shape index (κ1) is 26.3. The molecule has 0 aliphatic carbocycles. The molecule has 0 aromatic heterocycles. The molecule has 0 bridgehead atoms. The second-order valence-electron chi connectivity index (χ2n) is 8.22. The van der Waals surface area contributed by atoms with Gasteiger partial charge in [0.2, 0.25) is 21.8 Å². The molecule has 1 N–H and O–H groups in total. The zero-order valence-corrected chi connectivity index (χ0v) is 20.5. The van der Waals surface area contributed by atoms with Crippen molar-refractivity contribution in [3.63, 3.8) is 0 Å². The number of nitrogens with one attached hydrogen (secondary N) is 1. The molecular weight excluding hydrogens is 445 g/mol. The van der Waals surface area contributed by atoms with Crippen LogP contribution in [-0.2, 0) is 26.2 Å². The SMILES string of the molecule is CC[C@@H](C)NC(=O)[C@H](C)N(Cc1ccccc1F)C(=O)CN(c1cccc(C)c1)S(C)(=O)=O. The van der Waals surface area contributed by atoms with Crippen LogP contribution in [0.4, 0.5) is 10.1 Å². The molecule has 7 nitrogen and oxygen atoms in total. The summed E-state index contributed by atoms with van der Waals surface area (Å²) in [4.78, 5) is 27.4. The lowest BCUT2D eigenvalue weighted by Gasteiger charge is -2.32. The Hall–Kier alpha value is -2.94. The average molecular weight is 478 g/mol. The van der Waals surface area contributed by atoms with Crippen LogP contribution in [0.25, 0.3) is 0 Å². The maximum Gasteiger partial charge on any atom is 0.244 e. The summed E-state index contributed by atoms with van der Waals surface area (Å²) in [5.41, 5.74) is 1.40. The van der Waals surface area contributed by atoms with Gasteiger partial charge < -0.3 is 10.2 Å². The molecule has 0 aliphatic heterocycles. The van der Waals surface area contributed by atoms with E-state index < -0.39 is 40.2 Å². The molecule has 0 heterocycles. The Kier molecular flexibility index (Phi) is 8.99. The first-order chi connectivity index (χ1) is 15.4. The van der Waals surface area contributed by atoms with Gasteiger partial charge in [0.1, 0.15) is 18.4 Å². The predicted octanol–water partition coefficient (Wildman–Crippen LogP) is 3.23. The van der Waals surface area contributed by atoms with Gasteiger partial charge in [-0.15, -0.1) is 0 Å². The number of aryl methyl sites for hydroxylation is 1. The fourth-order valence-corrected chi connectivity index (χ4v) is 4.10. The number of hydrogen-bond donors (Lipinski definition) is 1. The number of carbonyl (C=O) groups is 2. The summed E-state index contributed by atoms with van der Waals surface area (Å²) in [6.45, 7) is 6.44. The van der Waals surface area contributed by atoms with E-state index in [1.54, 1.807) is 31.2 Å². The van der Waals surface area contributed by atoms with Gasteiger partial charge in [-0.1, -0.05) is 37.3 Å². The molecule has 0 fully saturated rings. The molecule has 2 aromatic carbocycles. The maximum atomic E-state index is 14.4. The standard InChI is InChI=1S/C24H32FN3O4S/c1-6-18(3)26-24(30)19(4)27(15-20-11-7-8-13-22(20)25)23(29)16-28(33(5,31)32)21-12-9-10-17(2)14-21/h7-14,18-19H,6,15-16H2,1-5H3,(H,26,30)/t18-,19+/m1/s1. The summed E-state index contributed by atoms with van der Waals surface area (Å²) >= 11 is 0. The van der Waals surface area contributed by atoms with E-state index in [9.17, 15) is 22.4 Å². The Labute approximate surface area is 195 Å². The third kappa shape index (κ3) is 7.28. The van der Waals surface area contributed by atoms with Gasteiger partial charge in [0.05, 0.1) is 11.9 Å². The molecule has 9 heteroatoms. The van der Waals surface area contributed by atoms with Gasteiger partial charge in [0, 0.05) is 18.2 Å². The zero-order valence-electron chi connectivity index (χ0n) is 19.7. The van der Waals surface area contributed by atoms with Gasteiger partial charge >= 0.3 is 0 Å². The smallest absolute Gasteiger partial charge is 0.244 e. The number of nitrogens with zero attached hydrogens (tertiary/aromatic N) is 2. The van der Waals surface area contributed by atoms with Gasteiger partial charge in [-0.2, -0.15) is 0 Å². The zero-order chi connectivity index (χ0) is 24.8. The minimum atomic E-state index is -3.80. The van der Waals surface area contributed by atoms with E-state index in [0.717, 1.165) is 16.1 Å². The summed E-state index contributed by atoms with van der Waals surface area (Å²) in [7, 11) is -3.80. The lowest BCUT2D eigenvalue weighted by molar-refractivity contribution is -0.139. The number of amides is 2. The normalized spacial score (nSPS) is 13.2. The molecule has 2 aromatic rings. The molecule has 180 valence electrons. The molecule has 0 spiro atoms. The molecule has 0 unspecified atom stereocenters. The van der Waals surface area contributed by atoms with Crippen LogP contribution >= 0.6 is 0 Å². The Balaban J connectivity index is 2.40. The van der Waals surface area contributed by atoms with Crippen molar-refractivity contribution in [1.29, 1.82) is 0 Å². The number of sulfonamides is 1. The summed E-state index contributed by atoms with van der Waals surface area (Å²) in [5.74, 6) is -1.52. The van der Waals surface area contributed by atoms with Gasteiger partial charge in [-0.25, -0.2) is 12.8 Å². The van der Waals surface area contributed by atoms with E-state index in [0.29, 0.717) is 12.1 Å². The first-order valence-corrected chi connectivity index (χ1v) is 12.7. The van der Waals surface area contributed by atoms with E-state index in [4.69, 9.17) is 0 Å². The molecular formula is C24H32FN3O4S. The van der Waals surface area contributed by atoms with Crippen molar-refractivity contribution < 1.29 is 22.4 Å². The van der Waals surface area contributed by atoms with Gasteiger partial charge in [-0.3, -0.25) is 13.9 Å². The van der Waals surface area contributed by atoms with Crippen molar-refractivity contribution in [3.05, 3.63) is 65.5 Å². The van der Waals surface area contributed by atoms with Crippen molar-refractivity contribution in [2.45, 2.75) is 52.7 Å². The Morgan fingerprint density at radius 2 is 1.76 bits per heavy atom. The molecule has 2 rings (SSSR count). The maximum absolute atomic E-state index is 14.4. The van der Waals surface area contributed by atoms with E-state index in [2.05, 4.69) is 5.32 Å². The number of carbonyl (C=O) groups excluding carboxylic acids is 2. The van der Waals surface area contributed by atoms with Crippen LogP contribution in [0.2, 0.25) is 0 Å². The summed E-state index contributed by atoms with van der Waals surface area (Å²) in [6, 6.07) is 11.7. The Bertz CT molecular complexity index is 1090. The Morgan fingerprint density at radius 3 is 2.33 bits per heavy atom. The lowest BCUT2D eigenvalue weighted by Crippen LogP contribution is -2.52. The van der Waals surface area contributed by atoms with Gasteiger partial charge in [-0.05, 0) is 51.0 Å². The molecule has 0 saturated heterocycles. The third-order valence-corrected chi connectivity index (χ3v) is 6.58. The highest BCUT2D eigenvalue weighted by molar-refractivity contribution is 7.92.